The van der Waals surface area contributed by atoms with E-state index in [2.05, 4.69) is 16.7 Å². The highest BCUT2D eigenvalue weighted by atomic mass is 19.2. The number of hydrogen-bond donors (Lipinski definition) is 1. The quantitative estimate of drug-likeness (QED) is 0.560. The van der Waals surface area contributed by atoms with Crippen LogP contribution in [0, 0.1) is 18.6 Å². The fourth-order valence-corrected chi connectivity index (χ4v) is 4.79. The number of para-hydroxylation sites is 1. The number of halogens is 2. The molecule has 5 rings (SSSR count). The highest BCUT2D eigenvalue weighted by molar-refractivity contribution is 6.07. The maximum absolute atomic E-state index is 14.4. The second-order valence-corrected chi connectivity index (χ2v) is 9.16. The zero-order valence-electron chi connectivity index (χ0n) is 20.3. The molecule has 0 saturated heterocycles. The Balaban J connectivity index is 1.31. The second-order valence-electron chi connectivity index (χ2n) is 9.16. The van der Waals surface area contributed by atoms with Crippen molar-refractivity contribution in [2.45, 2.75) is 32.7 Å². The summed E-state index contributed by atoms with van der Waals surface area (Å²) in [4.78, 5) is 40.9. The largest absolute Gasteiger partial charge is 0.334 e. The summed E-state index contributed by atoms with van der Waals surface area (Å²) in [5.41, 5.74) is 3.70. The average molecular weight is 504 g/mol. The molecule has 189 valence electrons. The molecule has 0 spiro atoms. The highest BCUT2D eigenvalue weighted by Crippen LogP contribution is 2.34. The first kappa shape index (κ1) is 24.4. The maximum Gasteiger partial charge on any atom is 0.322 e. The van der Waals surface area contributed by atoms with Gasteiger partial charge in [-0.1, -0.05) is 24.3 Å². The van der Waals surface area contributed by atoms with Crippen LogP contribution in [0.4, 0.5) is 30.6 Å². The van der Waals surface area contributed by atoms with Crippen molar-refractivity contribution in [2.75, 3.05) is 22.9 Å². The van der Waals surface area contributed by atoms with Crippen molar-refractivity contribution in [3.8, 4) is 0 Å². The predicted molar refractivity (Wildman–Crippen MR) is 135 cm³/mol. The van der Waals surface area contributed by atoms with E-state index in [1.165, 1.54) is 0 Å². The number of hydrogen-bond acceptors (Lipinski definition) is 3. The Morgan fingerprint density at radius 2 is 1.84 bits per heavy atom. The number of carbonyl (C=O) groups excluding carboxylic acids is 3. The Hall–Kier alpha value is -4.27. The number of rotatable bonds is 3. The normalized spacial score (nSPS) is 14.8. The molecule has 7 nitrogen and oxygen atoms in total. The summed E-state index contributed by atoms with van der Waals surface area (Å²) in [6.07, 6.45) is 2.88. The van der Waals surface area contributed by atoms with Crippen molar-refractivity contribution < 1.29 is 23.2 Å². The predicted octanol–water partition coefficient (Wildman–Crippen LogP) is 4.75. The molecule has 2 aliphatic heterocycles. The van der Waals surface area contributed by atoms with E-state index in [9.17, 15) is 23.2 Å². The van der Waals surface area contributed by atoms with Gasteiger partial charge in [-0.3, -0.25) is 14.5 Å². The summed E-state index contributed by atoms with van der Waals surface area (Å²) in [5.74, 6) is -3.09. The van der Waals surface area contributed by atoms with Crippen LogP contribution in [-0.2, 0) is 17.8 Å². The van der Waals surface area contributed by atoms with E-state index in [4.69, 9.17) is 0 Å². The molecular formula is C28H25F2N4O3. The summed E-state index contributed by atoms with van der Waals surface area (Å²) in [6.45, 7) is 2.05. The average Bonchev–Trinajstić information content (AvgIpc) is 3.11. The van der Waals surface area contributed by atoms with E-state index in [1.54, 1.807) is 18.2 Å². The van der Waals surface area contributed by atoms with Gasteiger partial charge in [-0.2, -0.15) is 0 Å². The molecule has 0 bridgehead atoms. The van der Waals surface area contributed by atoms with Crippen molar-refractivity contribution in [2.24, 2.45) is 0 Å². The molecule has 4 amide bonds. The van der Waals surface area contributed by atoms with Gasteiger partial charge in [-0.25, -0.2) is 18.9 Å². The van der Waals surface area contributed by atoms with Gasteiger partial charge in [-0.15, -0.1) is 0 Å². The number of urea groups is 1. The van der Waals surface area contributed by atoms with Gasteiger partial charge in [0.25, 0.3) is 11.8 Å². The molecule has 1 radical (unpaired) electrons. The van der Waals surface area contributed by atoms with Gasteiger partial charge in [-0.05, 0) is 73.2 Å². The van der Waals surface area contributed by atoms with Gasteiger partial charge >= 0.3 is 6.03 Å². The zero-order chi connectivity index (χ0) is 26.1. The number of aryl methyl sites for hydroxylation is 2. The summed E-state index contributed by atoms with van der Waals surface area (Å²) in [7, 11) is 0. The lowest BCUT2D eigenvalue weighted by molar-refractivity contribution is -0.119. The fourth-order valence-electron chi connectivity index (χ4n) is 4.79. The lowest BCUT2D eigenvalue weighted by atomic mass is 10.0. The first-order valence-electron chi connectivity index (χ1n) is 12.1. The monoisotopic (exact) mass is 503 g/mol. The Labute approximate surface area is 213 Å². The summed E-state index contributed by atoms with van der Waals surface area (Å²) in [6, 6.07) is 14.5. The topological polar surface area (TPSA) is 83.8 Å². The van der Waals surface area contributed by atoms with Crippen molar-refractivity contribution in [1.82, 2.24) is 10.6 Å². The van der Waals surface area contributed by atoms with Gasteiger partial charge in [0.05, 0.1) is 5.69 Å². The summed E-state index contributed by atoms with van der Waals surface area (Å²) >= 11 is 0. The van der Waals surface area contributed by atoms with Crippen molar-refractivity contribution in [1.29, 1.82) is 0 Å². The van der Waals surface area contributed by atoms with Gasteiger partial charge in [0.1, 0.15) is 12.2 Å². The van der Waals surface area contributed by atoms with Crippen LogP contribution in [0.5, 0.6) is 0 Å². The van der Waals surface area contributed by atoms with E-state index in [1.807, 2.05) is 30.0 Å². The molecule has 1 N–H and O–H groups in total. The molecule has 0 saturated carbocycles. The zero-order valence-corrected chi connectivity index (χ0v) is 20.3. The van der Waals surface area contributed by atoms with Gasteiger partial charge < -0.3 is 10.2 Å². The number of anilines is 2. The van der Waals surface area contributed by atoms with Crippen LogP contribution in [0.25, 0.3) is 0 Å². The molecule has 2 aliphatic rings. The van der Waals surface area contributed by atoms with Crippen LogP contribution in [0.3, 0.4) is 0 Å². The number of fused-ring (bicyclic) bond motifs is 2. The Morgan fingerprint density at radius 3 is 2.65 bits per heavy atom. The maximum atomic E-state index is 14.4. The minimum Gasteiger partial charge on any atom is -0.334 e. The van der Waals surface area contributed by atoms with E-state index < -0.39 is 30.1 Å². The number of nitrogens with zero attached hydrogens (tertiary/aromatic N) is 3. The first-order valence-corrected chi connectivity index (χ1v) is 12.1. The van der Waals surface area contributed by atoms with Gasteiger partial charge in [0.2, 0.25) is 0 Å². The van der Waals surface area contributed by atoms with Crippen LogP contribution in [0.2, 0.25) is 0 Å². The Kier molecular flexibility index (Phi) is 6.60. The van der Waals surface area contributed by atoms with Gasteiger partial charge in [0.15, 0.2) is 11.6 Å². The fraction of sp³-hybridized carbons (Fsp3) is 0.250. The van der Waals surface area contributed by atoms with E-state index in [0.717, 1.165) is 58.7 Å². The summed E-state index contributed by atoms with van der Waals surface area (Å²) in [5, 5.41) is 6.35. The molecule has 0 atom stereocenters. The third-order valence-electron chi connectivity index (χ3n) is 6.73. The van der Waals surface area contributed by atoms with Crippen LogP contribution in [0.1, 0.15) is 39.9 Å². The Morgan fingerprint density at radius 1 is 1.03 bits per heavy atom. The van der Waals surface area contributed by atoms with Crippen LogP contribution in [0.15, 0.2) is 54.6 Å². The second kappa shape index (κ2) is 10.0. The molecule has 0 aliphatic carbocycles. The first-order chi connectivity index (χ1) is 17.8. The molecule has 0 aromatic heterocycles. The number of carbonyl (C=O) groups is 3. The third kappa shape index (κ3) is 4.76. The Bertz CT molecular complexity index is 1410. The lowest BCUT2D eigenvalue weighted by Crippen LogP contribution is -2.47. The van der Waals surface area contributed by atoms with Crippen LogP contribution >= 0.6 is 0 Å². The van der Waals surface area contributed by atoms with Crippen molar-refractivity contribution in [3.63, 3.8) is 0 Å². The van der Waals surface area contributed by atoms with Gasteiger partial charge in [0, 0.05) is 24.3 Å². The number of benzene rings is 3. The third-order valence-corrected chi connectivity index (χ3v) is 6.73. The molecule has 0 unspecified atom stereocenters. The molecular weight excluding hydrogens is 478 g/mol. The SMILES string of the molecule is Cc1cc(C(=O)N2CCCCc3ccccc32)ccc1CNC(=O)N1CC(=O)[N]c2ccc(F)c(F)c21. The molecule has 2 heterocycles. The standard InChI is InChI=1S/C28H25F2N4O3/c1-17-14-19(27(36)33-13-5-4-7-18-6-2-3-8-23(18)33)9-10-20(17)15-31-28(37)34-16-24(35)32-22-12-11-21(29)25(30)26(22)34/h2-3,6,8-12,14H,4-5,7,13,15-16H2,1H3,(H,31,37). The van der Waals surface area contributed by atoms with E-state index in [0.29, 0.717) is 12.1 Å². The number of nitrogens with one attached hydrogen (secondary N) is 1. The number of amides is 4. The van der Waals surface area contributed by atoms with Crippen molar-refractivity contribution >= 4 is 34.9 Å². The highest BCUT2D eigenvalue weighted by Gasteiger charge is 2.32. The summed E-state index contributed by atoms with van der Waals surface area (Å²) < 4.78 is 28.2. The van der Waals surface area contributed by atoms with E-state index in [-0.39, 0.29) is 23.8 Å². The minimum atomic E-state index is -1.24. The van der Waals surface area contributed by atoms with Crippen LogP contribution in [-0.4, -0.2) is 30.9 Å². The van der Waals surface area contributed by atoms with Crippen LogP contribution < -0.4 is 20.4 Å². The minimum absolute atomic E-state index is 0.0692. The molecule has 9 heteroatoms. The molecule has 0 fully saturated rings. The van der Waals surface area contributed by atoms with Crippen molar-refractivity contribution in [3.05, 3.63) is 88.5 Å². The smallest absolute Gasteiger partial charge is 0.322 e. The molecule has 3 aromatic carbocycles. The lowest BCUT2D eigenvalue weighted by Gasteiger charge is -2.28. The molecule has 3 aromatic rings. The van der Waals surface area contributed by atoms with E-state index >= 15 is 0 Å². The molecule has 37 heavy (non-hydrogen) atoms.